The Balaban J connectivity index is 1.69. The van der Waals surface area contributed by atoms with Crippen molar-refractivity contribution >= 4 is 22.4 Å². The van der Waals surface area contributed by atoms with E-state index in [1.54, 1.807) is 24.3 Å². The van der Waals surface area contributed by atoms with E-state index in [2.05, 4.69) is 15.3 Å². The van der Waals surface area contributed by atoms with Crippen LogP contribution in [0.4, 0.5) is 32.2 Å². The molecule has 38 heavy (non-hydrogen) atoms. The molecule has 0 spiro atoms. The van der Waals surface area contributed by atoms with Crippen molar-refractivity contribution in [2.75, 3.05) is 5.32 Å². The Hall–Kier alpha value is -3.88. The Morgan fingerprint density at radius 3 is 2.26 bits per heavy atom. The topological polar surface area (TPSA) is 37.8 Å². The number of nitrogens with one attached hydrogen (secondary N) is 1. The quantitative estimate of drug-likeness (QED) is 0.269. The maximum absolute atomic E-state index is 13.8. The van der Waals surface area contributed by atoms with Crippen LogP contribution in [0, 0.1) is 0 Å². The molecule has 3 nitrogen and oxygen atoms in total. The molecule has 0 radical (unpaired) electrons. The third-order valence-corrected chi connectivity index (χ3v) is 6.88. The molecule has 196 valence electrons. The number of benzene rings is 3. The van der Waals surface area contributed by atoms with E-state index in [1.165, 1.54) is 24.3 Å². The maximum Gasteiger partial charge on any atom is 0.417 e. The smallest absolute Gasteiger partial charge is 0.339 e. The Morgan fingerprint density at radius 1 is 0.842 bits per heavy atom. The lowest BCUT2D eigenvalue weighted by Gasteiger charge is -2.30. The number of halogens is 6. The molecule has 4 aromatic rings. The van der Waals surface area contributed by atoms with Gasteiger partial charge in [0.25, 0.3) is 0 Å². The van der Waals surface area contributed by atoms with E-state index in [1.807, 2.05) is 13.8 Å². The van der Waals surface area contributed by atoms with Crippen LogP contribution < -0.4 is 5.32 Å². The minimum absolute atomic E-state index is 0.0502. The molecular weight excluding hydrogens is 504 g/mol. The lowest BCUT2D eigenvalue weighted by molar-refractivity contribution is -0.138. The summed E-state index contributed by atoms with van der Waals surface area (Å²) in [6.45, 7) is 3.83. The van der Waals surface area contributed by atoms with Gasteiger partial charge in [-0.3, -0.25) is 0 Å². The van der Waals surface area contributed by atoms with Crippen LogP contribution in [0.3, 0.4) is 0 Å². The largest absolute Gasteiger partial charge is 0.417 e. The van der Waals surface area contributed by atoms with Gasteiger partial charge in [0.15, 0.2) is 5.82 Å². The molecule has 5 rings (SSSR count). The van der Waals surface area contributed by atoms with Gasteiger partial charge in [-0.15, -0.1) is 0 Å². The molecule has 3 aromatic carbocycles. The van der Waals surface area contributed by atoms with Gasteiger partial charge in [0.1, 0.15) is 5.82 Å². The summed E-state index contributed by atoms with van der Waals surface area (Å²) in [6.07, 6.45) is -7.77. The Bertz CT molecular complexity index is 1550. The fraction of sp³-hybridized carbons (Fsp3) is 0.241. The second-order valence-corrected chi connectivity index (χ2v) is 9.35. The lowest BCUT2D eigenvalue weighted by Crippen LogP contribution is -2.17. The van der Waals surface area contributed by atoms with Gasteiger partial charge in [0.2, 0.25) is 0 Å². The molecule has 9 heteroatoms. The van der Waals surface area contributed by atoms with Gasteiger partial charge in [-0.1, -0.05) is 43.3 Å². The summed E-state index contributed by atoms with van der Waals surface area (Å²) in [6, 6.07) is 15.6. The fourth-order valence-corrected chi connectivity index (χ4v) is 4.99. The van der Waals surface area contributed by atoms with Crippen molar-refractivity contribution in [2.24, 2.45) is 0 Å². The number of anilines is 1. The van der Waals surface area contributed by atoms with E-state index < -0.39 is 23.5 Å². The predicted molar refractivity (Wildman–Crippen MR) is 135 cm³/mol. The Morgan fingerprint density at radius 2 is 1.55 bits per heavy atom. The number of para-hydroxylation sites is 1. The fourth-order valence-electron chi connectivity index (χ4n) is 4.99. The number of hydrogen-bond donors (Lipinski definition) is 1. The molecule has 0 saturated heterocycles. The zero-order chi connectivity index (χ0) is 27.2. The molecule has 0 aliphatic heterocycles. The van der Waals surface area contributed by atoms with Gasteiger partial charge in [0, 0.05) is 22.2 Å². The number of rotatable bonds is 4. The highest BCUT2D eigenvalue weighted by molar-refractivity contribution is 5.95. The third-order valence-electron chi connectivity index (χ3n) is 6.88. The highest BCUT2D eigenvalue weighted by Gasteiger charge is 2.35. The number of hydrogen-bond acceptors (Lipinski definition) is 3. The molecule has 1 unspecified atom stereocenters. The summed E-state index contributed by atoms with van der Waals surface area (Å²) in [7, 11) is 0. The lowest BCUT2D eigenvalue weighted by atomic mass is 9.79. The summed E-state index contributed by atoms with van der Waals surface area (Å²) >= 11 is 0. The van der Waals surface area contributed by atoms with Crippen molar-refractivity contribution in [1.82, 2.24) is 9.97 Å². The normalized spacial score (nSPS) is 16.1. The third kappa shape index (κ3) is 4.73. The van der Waals surface area contributed by atoms with E-state index in [0.29, 0.717) is 28.6 Å². The van der Waals surface area contributed by atoms with Gasteiger partial charge in [0.05, 0.1) is 16.6 Å². The zero-order valence-corrected chi connectivity index (χ0v) is 20.5. The molecule has 1 aliphatic carbocycles. The number of allylic oxidation sites excluding steroid dienone is 1. The van der Waals surface area contributed by atoms with Crippen LogP contribution in [0.15, 0.2) is 72.3 Å². The molecular formula is C29H23F6N3. The average molecular weight is 528 g/mol. The second-order valence-electron chi connectivity index (χ2n) is 9.35. The zero-order valence-electron chi connectivity index (χ0n) is 20.5. The SMILES string of the molecule is CCC1CC(C)=C(Nc2nc(-c3ccccc3C(F)(F)F)nc3ccccc23)c2cc(C(F)(F)F)ccc21. The molecule has 1 N–H and O–H groups in total. The van der Waals surface area contributed by atoms with Crippen molar-refractivity contribution in [1.29, 1.82) is 0 Å². The molecule has 0 saturated carbocycles. The minimum Gasteiger partial charge on any atom is -0.339 e. The standard InChI is InChI=1S/C29H23F6N3/c1-3-17-14-16(2)25(22-15-18(28(30,31)32)12-13-19(17)22)37-27-21-9-5-7-11-24(21)36-26(38-27)20-8-4-6-10-23(20)29(33,34)35/h4-13,15,17H,3,14H2,1-2H3,(H,36,37,38). The van der Waals surface area contributed by atoms with Crippen molar-refractivity contribution < 1.29 is 26.3 Å². The van der Waals surface area contributed by atoms with Gasteiger partial charge in [-0.25, -0.2) is 9.97 Å². The monoisotopic (exact) mass is 527 g/mol. The van der Waals surface area contributed by atoms with E-state index in [0.717, 1.165) is 35.8 Å². The first-order valence-electron chi connectivity index (χ1n) is 12.1. The predicted octanol–water partition coefficient (Wildman–Crippen LogP) is 9.07. The van der Waals surface area contributed by atoms with Crippen LogP contribution in [0.5, 0.6) is 0 Å². The summed E-state index contributed by atoms with van der Waals surface area (Å²) in [5, 5.41) is 3.74. The number of nitrogens with zero attached hydrogens (tertiary/aromatic N) is 2. The summed E-state index contributed by atoms with van der Waals surface area (Å²) in [5.41, 5.74) is 1.08. The maximum atomic E-state index is 13.8. The van der Waals surface area contributed by atoms with Crippen molar-refractivity contribution in [2.45, 2.75) is 45.0 Å². The summed E-state index contributed by atoms with van der Waals surface area (Å²) in [5.74, 6) is 0.133. The minimum atomic E-state index is -4.62. The first-order valence-corrected chi connectivity index (χ1v) is 12.1. The molecule has 1 aliphatic rings. The van der Waals surface area contributed by atoms with Crippen LogP contribution in [0.1, 0.15) is 54.9 Å². The van der Waals surface area contributed by atoms with Crippen LogP contribution in [-0.2, 0) is 12.4 Å². The van der Waals surface area contributed by atoms with Gasteiger partial charge < -0.3 is 5.32 Å². The Kier molecular flexibility index (Phi) is 6.41. The molecule has 0 amide bonds. The van der Waals surface area contributed by atoms with Gasteiger partial charge >= 0.3 is 12.4 Å². The molecule has 1 aromatic heterocycles. The first kappa shape index (κ1) is 25.8. The van der Waals surface area contributed by atoms with E-state index in [9.17, 15) is 26.3 Å². The molecule has 0 fully saturated rings. The summed E-state index contributed by atoms with van der Waals surface area (Å²) < 4.78 is 82.2. The number of aromatic nitrogens is 2. The van der Waals surface area contributed by atoms with Crippen LogP contribution in [0.2, 0.25) is 0 Å². The first-order chi connectivity index (χ1) is 18.0. The van der Waals surface area contributed by atoms with Crippen LogP contribution >= 0.6 is 0 Å². The summed E-state index contributed by atoms with van der Waals surface area (Å²) in [4.78, 5) is 8.87. The molecule has 0 bridgehead atoms. The highest BCUT2D eigenvalue weighted by Crippen LogP contribution is 2.44. The van der Waals surface area contributed by atoms with Crippen LogP contribution in [0.25, 0.3) is 28.0 Å². The van der Waals surface area contributed by atoms with Gasteiger partial charge in [-0.2, -0.15) is 26.3 Å². The average Bonchev–Trinajstić information content (AvgIpc) is 2.88. The number of alkyl halides is 6. The van der Waals surface area contributed by atoms with Crippen molar-refractivity contribution in [3.8, 4) is 11.4 Å². The van der Waals surface area contributed by atoms with Gasteiger partial charge in [-0.05, 0) is 67.2 Å². The van der Waals surface area contributed by atoms with Crippen molar-refractivity contribution in [3.63, 3.8) is 0 Å². The number of fused-ring (bicyclic) bond motifs is 2. The molecule has 1 atom stereocenters. The Labute approximate surface area is 215 Å². The molecule has 1 heterocycles. The van der Waals surface area contributed by atoms with Crippen LogP contribution in [-0.4, -0.2) is 9.97 Å². The van der Waals surface area contributed by atoms with Crippen molar-refractivity contribution in [3.05, 3.63) is 94.6 Å². The van der Waals surface area contributed by atoms with E-state index >= 15 is 0 Å². The second kappa shape index (κ2) is 9.45. The van der Waals surface area contributed by atoms with E-state index in [4.69, 9.17) is 0 Å². The van der Waals surface area contributed by atoms with E-state index in [-0.39, 0.29) is 23.1 Å². The highest BCUT2D eigenvalue weighted by atomic mass is 19.4.